The van der Waals surface area contributed by atoms with Crippen molar-refractivity contribution >= 4 is 70.9 Å². The summed E-state index contributed by atoms with van der Waals surface area (Å²) in [5.41, 5.74) is 12.0. The molecule has 3 saturated heterocycles. The highest BCUT2D eigenvalue weighted by molar-refractivity contribution is 6.00. The topological polar surface area (TPSA) is 380 Å². The van der Waals surface area contributed by atoms with Crippen LogP contribution in [-0.4, -0.2) is 160 Å². The van der Waals surface area contributed by atoms with Crippen LogP contribution in [0.15, 0.2) is 54.6 Å². The van der Waals surface area contributed by atoms with Gasteiger partial charge < -0.3 is 68.9 Å². The monoisotopic (exact) mass is 1090 g/mol. The number of carbonyl (C=O) groups is 12. The van der Waals surface area contributed by atoms with Crippen LogP contribution in [0.3, 0.4) is 0 Å². The van der Waals surface area contributed by atoms with E-state index in [2.05, 4.69) is 42.5 Å². The Morgan fingerprint density at radius 3 is 1.63 bits per heavy atom. The van der Waals surface area contributed by atoms with Crippen molar-refractivity contribution in [3.8, 4) is 5.75 Å². The predicted octanol–water partition coefficient (Wildman–Crippen LogP) is -2.45. The average Bonchev–Trinajstić information content (AvgIpc) is 4.10. The Morgan fingerprint density at radius 2 is 1.06 bits per heavy atom. The van der Waals surface area contributed by atoms with Gasteiger partial charge in [0.25, 0.3) is 0 Å². The van der Waals surface area contributed by atoms with Crippen molar-refractivity contribution < 1.29 is 62.6 Å². The van der Waals surface area contributed by atoms with Crippen LogP contribution >= 0.6 is 0 Å². The standard InChI is InChI=1S/C53H74N12O13/c1-28(2)23-35-48(73)58-34(19-20-41(54)67)46(71)60-38(26-42(55)68)49(74)59-36(24-31-11-7-6-8-12-31)45(70)56-27-43(69)63-44(29(3)4)53(78)65-22-10-14-40(65)51(76)62-37(25-32-15-17-33(66)18-16-32)47(72)57-30(5)52(77)64-21-9-13-39(64)50(75)61-35/h6-8,11-12,15-18,28-30,34-40,44,66H,9-10,13-14,19-27H2,1-5H3,(H2,54,67)(H2,55,68)(H,56,70)(H,57,72)(H,58,73)(H,59,74)(H,60,71)(H,61,75)(H,62,76)(H,63,69)/t30-,34-,35-,36-,37-,38-,39-,40-,44-/m0/s1. The van der Waals surface area contributed by atoms with Crippen molar-refractivity contribution in [1.82, 2.24) is 52.3 Å². The third-order valence-electron chi connectivity index (χ3n) is 13.7. The molecule has 2 aromatic rings. The number of hydrogen-bond donors (Lipinski definition) is 11. The van der Waals surface area contributed by atoms with E-state index in [9.17, 15) is 62.6 Å². The number of phenols is 1. The predicted molar refractivity (Wildman–Crippen MR) is 280 cm³/mol. The molecule has 12 amide bonds. The number of amides is 12. The summed E-state index contributed by atoms with van der Waals surface area (Å²) in [4.78, 5) is 168. The number of nitrogens with two attached hydrogens (primary N) is 2. The highest BCUT2D eigenvalue weighted by Gasteiger charge is 2.42. The number of aromatic hydroxyl groups is 1. The van der Waals surface area contributed by atoms with E-state index in [1.165, 1.54) is 28.9 Å². The van der Waals surface area contributed by atoms with Gasteiger partial charge in [0.1, 0.15) is 60.1 Å². The van der Waals surface area contributed by atoms with Crippen molar-refractivity contribution in [2.75, 3.05) is 19.6 Å². The fraction of sp³-hybridized carbons (Fsp3) is 0.547. The number of primary amides is 2. The van der Waals surface area contributed by atoms with E-state index in [4.69, 9.17) is 11.5 Å². The first-order chi connectivity index (χ1) is 36.9. The molecular weight excluding hydrogens is 1010 g/mol. The highest BCUT2D eigenvalue weighted by atomic mass is 16.3. The second-order valence-electron chi connectivity index (χ2n) is 20.8. The molecule has 0 bridgehead atoms. The van der Waals surface area contributed by atoms with E-state index in [0.29, 0.717) is 24.0 Å². The van der Waals surface area contributed by atoms with Crippen LogP contribution in [0.4, 0.5) is 0 Å². The Hall–Kier alpha value is -8.12. The first-order valence-corrected chi connectivity index (χ1v) is 26.3. The number of rotatable bonds is 12. The molecule has 0 aromatic heterocycles. The molecule has 0 unspecified atom stereocenters. The smallest absolute Gasteiger partial charge is 0.246 e. The molecule has 13 N–H and O–H groups in total. The molecule has 3 heterocycles. The van der Waals surface area contributed by atoms with Crippen LogP contribution in [-0.2, 0) is 70.4 Å². The van der Waals surface area contributed by atoms with Crippen LogP contribution in [0.5, 0.6) is 5.75 Å². The Labute approximate surface area is 452 Å². The third kappa shape index (κ3) is 17.5. The average molecular weight is 1090 g/mol. The maximum Gasteiger partial charge on any atom is 0.246 e. The summed E-state index contributed by atoms with van der Waals surface area (Å²) in [6, 6.07) is 2.15. The minimum absolute atomic E-state index is 0.0211. The van der Waals surface area contributed by atoms with Gasteiger partial charge in [0.15, 0.2) is 0 Å². The second-order valence-corrected chi connectivity index (χ2v) is 20.8. The Bertz CT molecular complexity index is 2550. The van der Waals surface area contributed by atoms with E-state index >= 15 is 0 Å². The molecule has 0 saturated carbocycles. The molecule has 0 spiro atoms. The van der Waals surface area contributed by atoms with Gasteiger partial charge in [-0.3, -0.25) is 57.5 Å². The quantitative estimate of drug-likeness (QED) is 0.105. The van der Waals surface area contributed by atoms with Crippen molar-refractivity contribution in [2.45, 2.75) is 153 Å². The number of benzene rings is 2. The molecule has 9 atom stereocenters. The molecule has 0 radical (unpaired) electrons. The molecular formula is C53H74N12O13. The maximum absolute atomic E-state index is 14.3. The number of hydrogen-bond acceptors (Lipinski definition) is 13. The van der Waals surface area contributed by atoms with Gasteiger partial charge in [0.05, 0.1) is 13.0 Å². The highest BCUT2D eigenvalue weighted by Crippen LogP contribution is 2.23. The fourth-order valence-corrected chi connectivity index (χ4v) is 9.60. The molecule has 3 aliphatic rings. The Kier molecular flexibility index (Phi) is 22.0. The zero-order chi connectivity index (χ0) is 57.4. The summed E-state index contributed by atoms with van der Waals surface area (Å²) in [6.45, 7) is 7.80. The number of fused-ring (bicyclic) bond motifs is 2. The number of nitrogens with one attached hydrogen (secondary N) is 8. The minimum Gasteiger partial charge on any atom is -0.508 e. The fourth-order valence-electron chi connectivity index (χ4n) is 9.60. The van der Waals surface area contributed by atoms with Crippen molar-refractivity contribution in [2.24, 2.45) is 23.3 Å². The summed E-state index contributed by atoms with van der Waals surface area (Å²) in [6.07, 6.45) is -0.770. The largest absolute Gasteiger partial charge is 0.508 e. The van der Waals surface area contributed by atoms with Gasteiger partial charge in [-0.25, -0.2) is 0 Å². The van der Waals surface area contributed by atoms with Crippen LogP contribution in [0.25, 0.3) is 0 Å². The lowest BCUT2D eigenvalue weighted by atomic mass is 10.0. The van der Waals surface area contributed by atoms with E-state index in [1.807, 2.05) is 0 Å². The lowest BCUT2D eigenvalue weighted by molar-refractivity contribution is -0.143. The summed E-state index contributed by atoms with van der Waals surface area (Å²) >= 11 is 0. The van der Waals surface area contributed by atoms with Gasteiger partial charge >= 0.3 is 0 Å². The minimum atomic E-state index is -1.76. The Balaban J connectivity index is 1.52. The van der Waals surface area contributed by atoms with Crippen LogP contribution in [0.2, 0.25) is 0 Å². The van der Waals surface area contributed by atoms with Crippen LogP contribution in [0.1, 0.15) is 97.1 Å². The SMILES string of the molecule is CC(C)C[C@@H]1NC(=O)[C@@H]2CCCN2C(=O)[C@H](C)NC(=O)[C@H](Cc2ccc(O)cc2)NC(=O)[C@@H]2CCCN2C(=O)[C@H](C(C)C)NC(=O)CNC(=O)[C@H](Cc2ccccc2)NC(=O)[C@H](CC(N)=O)NC(=O)[C@H](CCC(N)=O)NC1=O. The maximum atomic E-state index is 14.3. The first kappa shape index (κ1) is 60.7. The molecule has 424 valence electrons. The number of phenolic OH excluding ortho intramolecular Hbond substituents is 1. The molecule has 25 nitrogen and oxygen atoms in total. The molecule has 78 heavy (non-hydrogen) atoms. The summed E-state index contributed by atoms with van der Waals surface area (Å²) < 4.78 is 0. The molecule has 3 fully saturated rings. The summed E-state index contributed by atoms with van der Waals surface area (Å²) in [7, 11) is 0. The van der Waals surface area contributed by atoms with Crippen LogP contribution in [0, 0.1) is 11.8 Å². The zero-order valence-corrected chi connectivity index (χ0v) is 44.6. The van der Waals surface area contributed by atoms with Gasteiger partial charge in [-0.1, -0.05) is 70.2 Å². The first-order valence-electron chi connectivity index (χ1n) is 26.3. The Morgan fingerprint density at radius 1 is 0.577 bits per heavy atom. The van der Waals surface area contributed by atoms with E-state index < -0.39 is 157 Å². The molecule has 25 heteroatoms. The third-order valence-corrected chi connectivity index (χ3v) is 13.7. The van der Waals surface area contributed by atoms with Crippen molar-refractivity contribution in [1.29, 1.82) is 0 Å². The van der Waals surface area contributed by atoms with Gasteiger partial charge in [-0.05, 0) is 80.5 Å². The van der Waals surface area contributed by atoms with Gasteiger partial charge in [0, 0.05) is 32.4 Å². The van der Waals surface area contributed by atoms with Crippen molar-refractivity contribution in [3.63, 3.8) is 0 Å². The zero-order valence-electron chi connectivity index (χ0n) is 44.6. The summed E-state index contributed by atoms with van der Waals surface area (Å²) in [5, 5.41) is 30.7. The lowest BCUT2D eigenvalue weighted by Crippen LogP contribution is -2.61. The normalized spacial score (nSPS) is 26.1. The molecule has 2 aromatic carbocycles. The number of carbonyl (C=O) groups excluding carboxylic acids is 12. The molecule has 0 aliphatic carbocycles. The lowest BCUT2D eigenvalue weighted by Gasteiger charge is -2.32. The van der Waals surface area contributed by atoms with E-state index in [1.54, 1.807) is 70.2 Å². The van der Waals surface area contributed by atoms with Gasteiger partial charge in [-0.2, -0.15) is 0 Å². The number of nitrogens with zero attached hydrogens (tertiary/aromatic N) is 2. The molecule has 5 rings (SSSR count). The van der Waals surface area contributed by atoms with Crippen LogP contribution < -0.4 is 54.0 Å². The van der Waals surface area contributed by atoms with Crippen molar-refractivity contribution in [3.05, 3.63) is 65.7 Å². The second kappa shape index (κ2) is 28.3. The summed E-state index contributed by atoms with van der Waals surface area (Å²) in [5.74, 6) is -10.9. The van der Waals surface area contributed by atoms with E-state index in [0.717, 1.165) is 0 Å². The van der Waals surface area contributed by atoms with Gasteiger partial charge in [0.2, 0.25) is 70.9 Å². The van der Waals surface area contributed by atoms with Gasteiger partial charge in [-0.15, -0.1) is 0 Å². The molecule has 3 aliphatic heterocycles. The van der Waals surface area contributed by atoms with E-state index in [-0.39, 0.29) is 56.9 Å².